The summed E-state index contributed by atoms with van der Waals surface area (Å²) in [5.74, 6) is -1.35. The SMILES string of the molecule is O=C(O)C1c2ccsc2CCN1C(=O)c1ccoc1Br. The molecule has 3 rings (SSSR count). The molecule has 5 nitrogen and oxygen atoms in total. The van der Waals surface area contributed by atoms with Gasteiger partial charge in [-0.3, -0.25) is 4.79 Å². The molecular formula is C13H10BrNO4S. The van der Waals surface area contributed by atoms with Gasteiger partial charge in [-0.1, -0.05) is 0 Å². The van der Waals surface area contributed by atoms with Gasteiger partial charge in [0.05, 0.1) is 11.8 Å². The van der Waals surface area contributed by atoms with Gasteiger partial charge >= 0.3 is 5.97 Å². The van der Waals surface area contributed by atoms with Gasteiger partial charge in [-0.15, -0.1) is 11.3 Å². The van der Waals surface area contributed by atoms with Crippen molar-refractivity contribution < 1.29 is 19.1 Å². The van der Waals surface area contributed by atoms with Gasteiger partial charge in [0.1, 0.15) is 0 Å². The first kappa shape index (κ1) is 13.4. The normalized spacial score (nSPS) is 17.9. The number of carboxylic acids is 1. The van der Waals surface area contributed by atoms with Crippen LogP contribution in [0.2, 0.25) is 0 Å². The maximum absolute atomic E-state index is 12.5. The molecule has 0 spiro atoms. The molecule has 1 aliphatic rings. The second-order valence-electron chi connectivity index (χ2n) is 4.40. The van der Waals surface area contributed by atoms with Gasteiger partial charge in [-0.25, -0.2) is 4.79 Å². The number of rotatable bonds is 2. The van der Waals surface area contributed by atoms with E-state index in [0.717, 1.165) is 4.88 Å². The van der Waals surface area contributed by atoms with Gasteiger partial charge in [0.25, 0.3) is 5.91 Å². The Morgan fingerprint density at radius 1 is 1.45 bits per heavy atom. The minimum absolute atomic E-state index is 0.322. The van der Waals surface area contributed by atoms with E-state index in [1.165, 1.54) is 28.6 Å². The summed E-state index contributed by atoms with van der Waals surface area (Å²) in [6, 6.07) is 2.39. The fourth-order valence-electron chi connectivity index (χ4n) is 2.40. The van der Waals surface area contributed by atoms with E-state index in [4.69, 9.17) is 4.42 Å². The number of nitrogens with zero attached hydrogens (tertiary/aromatic N) is 1. The van der Waals surface area contributed by atoms with E-state index in [0.29, 0.717) is 28.8 Å². The number of aliphatic carboxylic acids is 1. The third-order valence-corrected chi connectivity index (χ3v) is 4.92. The summed E-state index contributed by atoms with van der Waals surface area (Å²) in [5.41, 5.74) is 1.05. The molecule has 2 aromatic rings. The van der Waals surface area contributed by atoms with Gasteiger partial charge in [0, 0.05) is 11.4 Å². The standard InChI is InChI=1S/C13H10BrNO4S/c14-11-8(2-5-19-11)12(16)15-4-1-9-7(3-6-20-9)10(15)13(17)18/h2-3,5-6,10H,1,4H2,(H,17,18). The zero-order chi connectivity index (χ0) is 14.3. The Kier molecular flexibility index (Phi) is 3.39. The summed E-state index contributed by atoms with van der Waals surface area (Å²) in [6.07, 6.45) is 2.07. The molecule has 1 aliphatic heterocycles. The Hall–Kier alpha value is -1.60. The Bertz CT molecular complexity index is 677. The molecule has 0 saturated carbocycles. The van der Waals surface area contributed by atoms with Crippen LogP contribution in [0.3, 0.4) is 0 Å². The highest BCUT2D eigenvalue weighted by Gasteiger charge is 2.37. The lowest BCUT2D eigenvalue weighted by Crippen LogP contribution is -2.43. The summed E-state index contributed by atoms with van der Waals surface area (Å²) in [6.45, 7) is 0.390. The molecule has 0 radical (unpaired) electrons. The van der Waals surface area contributed by atoms with Crippen LogP contribution >= 0.6 is 27.3 Å². The number of hydrogen-bond acceptors (Lipinski definition) is 4. The highest BCUT2D eigenvalue weighted by Crippen LogP contribution is 2.35. The second-order valence-corrected chi connectivity index (χ2v) is 6.12. The van der Waals surface area contributed by atoms with Gasteiger partial charge in [0.2, 0.25) is 0 Å². The number of hydrogen-bond donors (Lipinski definition) is 1. The summed E-state index contributed by atoms with van der Waals surface area (Å²) in [5, 5.41) is 11.3. The topological polar surface area (TPSA) is 70.8 Å². The summed E-state index contributed by atoms with van der Waals surface area (Å²) < 4.78 is 5.37. The molecule has 0 aliphatic carbocycles. The van der Waals surface area contributed by atoms with Crippen molar-refractivity contribution in [1.82, 2.24) is 4.90 Å². The lowest BCUT2D eigenvalue weighted by Gasteiger charge is -2.32. The van der Waals surface area contributed by atoms with Crippen molar-refractivity contribution in [2.24, 2.45) is 0 Å². The molecular weight excluding hydrogens is 346 g/mol. The minimum atomic E-state index is -1.02. The number of fused-ring (bicyclic) bond motifs is 1. The van der Waals surface area contributed by atoms with Gasteiger partial charge < -0.3 is 14.4 Å². The van der Waals surface area contributed by atoms with Crippen molar-refractivity contribution in [2.45, 2.75) is 12.5 Å². The third-order valence-electron chi connectivity index (χ3n) is 3.31. The maximum atomic E-state index is 12.5. The van der Waals surface area contributed by atoms with Crippen molar-refractivity contribution in [1.29, 1.82) is 0 Å². The number of amides is 1. The van der Waals surface area contributed by atoms with Crippen LogP contribution in [0.4, 0.5) is 0 Å². The predicted molar refractivity (Wildman–Crippen MR) is 75.8 cm³/mol. The minimum Gasteiger partial charge on any atom is -0.479 e. The average Bonchev–Trinajstić information content (AvgIpc) is 3.04. The fourth-order valence-corrected chi connectivity index (χ4v) is 3.72. The molecule has 0 saturated heterocycles. The van der Waals surface area contributed by atoms with Crippen LogP contribution in [0.25, 0.3) is 0 Å². The molecule has 7 heteroatoms. The molecule has 2 aromatic heterocycles. The monoisotopic (exact) mass is 355 g/mol. The predicted octanol–water partition coefficient (Wildman–Crippen LogP) is 2.93. The smallest absolute Gasteiger partial charge is 0.331 e. The molecule has 1 unspecified atom stereocenters. The first-order valence-corrected chi connectivity index (χ1v) is 7.60. The number of carboxylic acid groups (broad SMARTS) is 1. The zero-order valence-electron chi connectivity index (χ0n) is 10.2. The molecule has 1 N–H and O–H groups in total. The van der Waals surface area contributed by atoms with Crippen molar-refractivity contribution in [3.63, 3.8) is 0 Å². The van der Waals surface area contributed by atoms with Crippen LogP contribution in [0.1, 0.15) is 26.8 Å². The van der Waals surface area contributed by atoms with E-state index in [1.807, 2.05) is 5.38 Å². The second kappa shape index (κ2) is 5.06. The largest absolute Gasteiger partial charge is 0.479 e. The van der Waals surface area contributed by atoms with Crippen molar-refractivity contribution in [2.75, 3.05) is 6.54 Å². The van der Waals surface area contributed by atoms with Crippen molar-refractivity contribution in [3.05, 3.63) is 44.4 Å². The third kappa shape index (κ3) is 2.06. The van der Waals surface area contributed by atoms with E-state index in [1.54, 1.807) is 6.07 Å². The number of carbonyl (C=O) groups excluding carboxylic acids is 1. The first-order chi connectivity index (χ1) is 9.59. The van der Waals surface area contributed by atoms with E-state index in [2.05, 4.69) is 15.9 Å². The van der Waals surface area contributed by atoms with Gasteiger partial charge in [-0.05, 0) is 45.4 Å². The van der Waals surface area contributed by atoms with Crippen LogP contribution in [0.5, 0.6) is 0 Å². The van der Waals surface area contributed by atoms with Crippen LogP contribution in [0.15, 0.2) is 32.9 Å². The lowest BCUT2D eigenvalue weighted by atomic mass is 9.99. The number of furan rings is 1. The Labute approximate surface area is 126 Å². The number of carbonyl (C=O) groups is 2. The van der Waals surface area contributed by atoms with Crippen LogP contribution < -0.4 is 0 Å². The first-order valence-electron chi connectivity index (χ1n) is 5.92. The van der Waals surface area contributed by atoms with Gasteiger partial charge in [-0.2, -0.15) is 0 Å². The fraction of sp³-hybridized carbons (Fsp3) is 0.231. The summed E-state index contributed by atoms with van der Waals surface area (Å²) in [7, 11) is 0. The zero-order valence-corrected chi connectivity index (χ0v) is 12.6. The molecule has 1 atom stereocenters. The van der Waals surface area contributed by atoms with Crippen LogP contribution in [-0.4, -0.2) is 28.4 Å². The van der Waals surface area contributed by atoms with Crippen molar-refractivity contribution in [3.8, 4) is 0 Å². The molecule has 20 heavy (non-hydrogen) atoms. The quantitative estimate of drug-likeness (QED) is 0.898. The molecule has 0 fully saturated rings. The Balaban J connectivity index is 2.00. The van der Waals surface area contributed by atoms with E-state index in [-0.39, 0.29) is 5.91 Å². The summed E-state index contributed by atoms with van der Waals surface area (Å²) >= 11 is 4.69. The number of halogens is 1. The lowest BCUT2D eigenvalue weighted by molar-refractivity contribution is -0.142. The maximum Gasteiger partial charge on any atom is 0.331 e. The molecule has 3 heterocycles. The summed E-state index contributed by atoms with van der Waals surface area (Å²) in [4.78, 5) is 26.5. The number of thiophene rings is 1. The Morgan fingerprint density at radius 2 is 2.25 bits per heavy atom. The highest BCUT2D eigenvalue weighted by molar-refractivity contribution is 9.10. The molecule has 104 valence electrons. The van der Waals surface area contributed by atoms with Gasteiger partial charge in [0.15, 0.2) is 10.7 Å². The van der Waals surface area contributed by atoms with E-state index >= 15 is 0 Å². The average molecular weight is 356 g/mol. The Morgan fingerprint density at radius 3 is 2.90 bits per heavy atom. The van der Waals surface area contributed by atoms with E-state index in [9.17, 15) is 14.7 Å². The van der Waals surface area contributed by atoms with Crippen LogP contribution in [0, 0.1) is 0 Å². The van der Waals surface area contributed by atoms with Crippen LogP contribution in [-0.2, 0) is 11.2 Å². The molecule has 0 aromatic carbocycles. The highest BCUT2D eigenvalue weighted by atomic mass is 79.9. The molecule has 0 bridgehead atoms. The van der Waals surface area contributed by atoms with Crippen molar-refractivity contribution >= 4 is 39.1 Å². The molecule has 1 amide bonds. The van der Waals surface area contributed by atoms with E-state index < -0.39 is 12.0 Å².